The number of hydrogen-bond acceptors (Lipinski definition) is 5. The number of amides is 1. The largest absolute Gasteiger partial charge is 0.384 e. The highest BCUT2D eigenvalue weighted by Gasteiger charge is 2.24. The van der Waals surface area contributed by atoms with Gasteiger partial charge in [0.2, 0.25) is 5.91 Å². The minimum Gasteiger partial charge on any atom is -0.384 e. The van der Waals surface area contributed by atoms with Crippen molar-refractivity contribution >= 4 is 17.5 Å². The maximum Gasteiger partial charge on any atom is 0.220 e. The molecule has 0 bridgehead atoms. The molecule has 1 saturated heterocycles. The molecule has 0 unspecified atom stereocenters. The Morgan fingerprint density at radius 3 is 2.59 bits per heavy atom. The van der Waals surface area contributed by atoms with Crippen LogP contribution in [0, 0.1) is 12.8 Å². The predicted molar refractivity (Wildman–Crippen MR) is 65.3 cm³/mol. The predicted octanol–water partition coefficient (Wildman–Crippen LogP) is 0.0689. The number of piperidine rings is 1. The molecular formula is C11H17N5O. The molecular weight excluding hydrogens is 218 g/mol. The van der Waals surface area contributed by atoms with E-state index < -0.39 is 0 Å². The summed E-state index contributed by atoms with van der Waals surface area (Å²) in [6.07, 6.45) is 1.55. The van der Waals surface area contributed by atoms with Crippen LogP contribution in [0.15, 0.2) is 6.07 Å². The molecule has 6 nitrogen and oxygen atoms in total. The second-order valence-corrected chi connectivity index (χ2v) is 4.36. The molecule has 1 fully saturated rings. The highest BCUT2D eigenvalue weighted by molar-refractivity contribution is 5.77. The average Bonchev–Trinajstić information content (AvgIpc) is 2.28. The van der Waals surface area contributed by atoms with Gasteiger partial charge in [0.05, 0.1) is 0 Å². The zero-order chi connectivity index (χ0) is 12.4. The monoisotopic (exact) mass is 235 g/mol. The van der Waals surface area contributed by atoms with Crippen LogP contribution in [0.5, 0.6) is 0 Å². The van der Waals surface area contributed by atoms with Gasteiger partial charge in [-0.05, 0) is 19.8 Å². The van der Waals surface area contributed by atoms with Crippen LogP contribution in [0.25, 0.3) is 0 Å². The van der Waals surface area contributed by atoms with Gasteiger partial charge in [-0.3, -0.25) is 4.79 Å². The number of nitrogens with zero attached hydrogens (tertiary/aromatic N) is 3. The SMILES string of the molecule is Cc1nc(N)cc(N2CCC(C(N)=O)CC2)n1. The van der Waals surface area contributed by atoms with Crippen molar-refractivity contribution in [2.24, 2.45) is 11.7 Å². The molecule has 1 amide bonds. The highest BCUT2D eigenvalue weighted by Crippen LogP contribution is 2.22. The van der Waals surface area contributed by atoms with Gasteiger partial charge in [0.25, 0.3) is 0 Å². The molecule has 17 heavy (non-hydrogen) atoms. The number of nitrogens with two attached hydrogens (primary N) is 2. The Morgan fingerprint density at radius 1 is 1.41 bits per heavy atom. The molecule has 1 aliphatic rings. The van der Waals surface area contributed by atoms with E-state index in [0.29, 0.717) is 11.6 Å². The Bertz CT molecular complexity index is 406. The first-order chi connectivity index (χ1) is 8.06. The van der Waals surface area contributed by atoms with Crippen LogP contribution in [0.4, 0.5) is 11.6 Å². The Hall–Kier alpha value is -1.85. The van der Waals surface area contributed by atoms with Crippen LogP contribution in [0.2, 0.25) is 0 Å². The van der Waals surface area contributed by atoms with Crippen LogP contribution in [0.3, 0.4) is 0 Å². The lowest BCUT2D eigenvalue weighted by Gasteiger charge is -2.31. The number of aryl methyl sites for hydroxylation is 1. The van der Waals surface area contributed by atoms with Gasteiger partial charge in [-0.2, -0.15) is 0 Å². The van der Waals surface area contributed by atoms with Gasteiger partial charge < -0.3 is 16.4 Å². The molecule has 0 aromatic carbocycles. The summed E-state index contributed by atoms with van der Waals surface area (Å²) in [5.41, 5.74) is 11.0. The topological polar surface area (TPSA) is 98.1 Å². The lowest BCUT2D eigenvalue weighted by atomic mass is 9.96. The van der Waals surface area contributed by atoms with Crippen molar-refractivity contribution in [3.8, 4) is 0 Å². The van der Waals surface area contributed by atoms with Gasteiger partial charge in [-0.1, -0.05) is 0 Å². The standard InChI is InChI=1S/C11H17N5O/c1-7-14-9(12)6-10(15-7)16-4-2-8(3-5-16)11(13)17/h6,8H,2-5H2,1H3,(H2,13,17)(H2,12,14,15). The molecule has 1 aliphatic heterocycles. The number of nitrogen functional groups attached to an aromatic ring is 1. The molecule has 92 valence electrons. The minimum absolute atomic E-state index is 0.00784. The van der Waals surface area contributed by atoms with Crippen LogP contribution in [0.1, 0.15) is 18.7 Å². The van der Waals surface area contributed by atoms with E-state index in [1.54, 1.807) is 6.07 Å². The molecule has 0 aliphatic carbocycles. The van der Waals surface area contributed by atoms with E-state index in [-0.39, 0.29) is 11.8 Å². The second kappa shape index (κ2) is 4.57. The first kappa shape index (κ1) is 11.6. The molecule has 1 aromatic heterocycles. The molecule has 0 saturated carbocycles. The fraction of sp³-hybridized carbons (Fsp3) is 0.545. The van der Waals surface area contributed by atoms with E-state index in [1.165, 1.54) is 0 Å². The summed E-state index contributed by atoms with van der Waals surface area (Å²) in [5, 5.41) is 0. The minimum atomic E-state index is -0.206. The zero-order valence-corrected chi connectivity index (χ0v) is 9.89. The van der Waals surface area contributed by atoms with Gasteiger partial charge in [0.15, 0.2) is 0 Å². The summed E-state index contributed by atoms with van der Waals surface area (Å²) in [6, 6.07) is 1.76. The van der Waals surface area contributed by atoms with E-state index >= 15 is 0 Å². The third kappa shape index (κ3) is 2.64. The molecule has 2 rings (SSSR count). The van der Waals surface area contributed by atoms with E-state index in [4.69, 9.17) is 11.5 Å². The van der Waals surface area contributed by atoms with Crippen molar-refractivity contribution in [1.29, 1.82) is 0 Å². The molecule has 0 radical (unpaired) electrons. The molecule has 0 atom stereocenters. The quantitative estimate of drug-likeness (QED) is 0.755. The zero-order valence-electron chi connectivity index (χ0n) is 9.89. The van der Waals surface area contributed by atoms with Crippen molar-refractivity contribution in [3.63, 3.8) is 0 Å². The summed E-state index contributed by atoms with van der Waals surface area (Å²) < 4.78 is 0. The smallest absolute Gasteiger partial charge is 0.220 e. The summed E-state index contributed by atoms with van der Waals surface area (Å²) >= 11 is 0. The van der Waals surface area contributed by atoms with Gasteiger partial charge >= 0.3 is 0 Å². The number of carbonyl (C=O) groups is 1. The summed E-state index contributed by atoms with van der Waals surface area (Å²) in [7, 11) is 0. The van der Waals surface area contributed by atoms with E-state index in [1.807, 2.05) is 6.92 Å². The van der Waals surface area contributed by atoms with Crippen LogP contribution < -0.4 is 16.4 Å². The number of anilines is 2. The number of primary amides is 1. The Labute approximate surface area is 100 Å². The Morgan fingerprint density at radius 2 is 2.06 bits per heavy atom. The van der Waals surface area contributed by atoms with Crippen molar-refractivity contribution in [2.45, 2.75) is 19.8 Å². The normalized spacial score (nSPS) is 17.1. The molecule has 4 N–H and O–H groups in total. The summed E-state index contributed by atoms with van der Waals surface area (Å²) in [5.74, 6) is 1.76. The lowest BCUT2D eigenvalue weighted by Crippen LogP contribution is -2.39. The second-order valence-electron chi connectivity index (χ2n) is 4.36. The fourth-order valence-corrected chi connectivity index (χ4v) is 2.13. The number of hydrogen-bond donors (Lipinski definition) is 2. The number of aromatic nitrogens is 2. The fourth-order valence-electron chi connectivity index (χ4n) is 2.13. The molecule has 1 aromatic rings. The lowest BCUT2D eigenvalue weighted by molar-refractivity contribution is -0.122. The maximum absolute atomic E-state index is 11.1. The van der Waals surface area contributed by atoms with Crippen molar-refractivity contribution < 1.29 is 4.79 Å². The van der Waals surface area contributed by atoms with Gasteiger partial charge in [-0.15, -0.1) is 0 Å². The number of rotatable bonds is 2. The average molecular weight is 235 g/mol. The van der Waals surface area contributed by atoms with E-state index in [2.05, 4.69) is 14.9 Å². The summed E-state index contributed by atoms with van der Waals surface area (Å²) in [4.78, 5) is 21.6. The summed E-state index contributed by atoms with van der Waals surface area (Å²) in [6.45, 7) is 3.38. The molecule has 2 heterocycles. The highest BCUT2D eigenvalue weighted by atomic mass is 16.1. The van der Waals surface area contributed by atoms with Gasteiger partial charge in [0.1, 0.15) is 17.5 Å². The van der Waals surface area contributed by atoms with Crippen molar-refractivity contribution in [2.75, 3.05) is 23.7 Å². The maximum atomic E-state index is 11.1. The molecule has 0 spiro atoms. The van der Waals surface area contributed by atoms with Gasteiger partial charge in [-0.25, -0.2) is 9.97 Å². The third-order valence-corrected chi connectivity index (χ3v) is 3.07. The first-order valence-corrected chi connectivity index (χ1v) is 5.71. The van der Waals surface area contributed by atoms with E-state index in [9.17, 15) is 4.79 Å². The van der Waals surface area contributed by atoms with Gasteiger partial charge in [0, 0.05) is 25.1 Å². The van der Waals surface area contributed by atoms with E-state index in [0.717, 1.165) is 31.7 Å². The van der Waals surface area contributed by atoms with Crippen LogP contribution in [-0.4, -0.2) is 29.0 Å². The first-order valence-electron chi connectivity index (χ1n) is 5.71. The van der Waals surface area contributed by atoms with Crippen molar-refractivity contribution in [1.82, 2.24) is 9.97 Å². The molecule has 6 heteroatoms. The number of carbonyl (C=O) groups excluding carboxylic acids is 1. The Kier molecular flexibility index (Phi) is 3.12. The van der Waals surface area contributed by atoms with Crippen molar-refractivity contribution in [3.05, 3.63) is 11.9 Å². The van der Waals surface area contributed by atoms with Crippen LogP contribution in [-0.2, 0) is 4.79 Å². The third-order valence-electron chi connectivity index (χ3n) is 3.07. The van der Waals surface area contributed by atoms with Crippen LogP contribution >= 0.6 is 0 Å². The Balaban J connectivity index is 2.07.